The van der Waals surface area contributed by atoms with Crippen LogP contribution in [0.1, 0.15) is 65.5 Å². The highest BCUT2D eigenvalue weighted by Crippen LogP contribution is 2.41. The molecule has 0 heterocycles. The molecule has 1 atom stereocenters. The molecule has 0 bridgehead atoms. The van der Waals surface area contributed by atoms with Crippen LogP contribution in [0.5, 0.6) is 11.5 Å². The first kappa shape index (κ1) is 20.2. The topological polar surface area (TPSA) is 66.8 Å². The van der Waals surface area contributed by atoms with E-state index in [1.54, 1.807) is 18.2 Å². The van der Waals surface area contributed by atoms with Gasteiger partial charge in [-0.25, -0.2) is 0 Å². The highest BCUT2D eigenvalue weighted by Gasteiger charge is 2.27. The van der Waals surface area contributed by atoms with E-state index in [0.717, 1.165) is 11.1 Å². The third kappa shape index (κ3) is 5.38. The van der Waals surface area contributed by atoms with Crippen molar-refractivity contribution in [3.8, 4) is 11.5 Å². The average molecular weight is 334 g/mol. The van der Waals surface area contributed by atoms with Gasteiger partial charge in [-0.05, 0) is 29.4 Å². The number of benzene rings is 1. The van der Waals surface area contributed by atoms with Crippen LogP contribution >= 0.6 is 0 Å². The van der Waals surface area contributed by atoms with Crippen LogP contribution in [0.3, 0.4) is 0 Å². The fourth-order valence-electron chi connectivity index (χ4n) is 2.45. The van der Waals surface area contributed by atoms with Gasteiger partial charge >= 0.3 is 5.97 Å². The summed E-state index contributed by atoms with van der Waals surface area (Å²) in [4.78, 5) is 12.0. The van der Waals surface area contributed by atoms with Crippen LogP contribution in [0, 0.1) is 0 Å². The SMILES string of the molecule is C=CCC(O)CC(=O)Oc1cc(C(C)(C)C)c(O)c(C(C)(C)C)c1. The molecular formula is C20H30O4. The quantitative estimate of drug-likeness (QED) is 0.481. The molecule has 0 aromatic heterocycles. The van der Waals surface area contributed by atoms with E-state index < -0.39 is 12.1 Å². The Morgan fingerprint density at radius 2 is 1.62 bits per heavy atom. The molecule has 24 heavy (non-hydrogen) atoms. The zero-order valence-electron chi connectivity index (χ0n) is 15.6. The van der Waals surface area contributed by atoms with Gasteiger partial charge in [0, 0.05) is 11.1 Å². The maximum atomic E-state index is 12.0. The summed E-state index contributed by atoms with van der Waals surface area (Å²) in [7, 11) is 0. The number of esters is 1. The Hall–Kier alpha value is -1.81. The molecule has 0 saturated heterocycles. The van der Waals surface area contributed by atoms with Crippen molar-refractivity contribution in [2.75, 3.05) is 0 Å². The van der Waals surface area contributed by atoms with E-state index in [-0.39, 0.29) is 23.0 Å². The fraction of sp³-hybridized carbons (Fsp3) is 0.550. The van der Waals surface area contributed by atoms with Gasteiger partial charge in [0.2, 0.25) is 0 Å². The maximum Gasteiger partial charge on any atom is 0.313 e. The molecule has 1 rings (SSSR count). The van der Waals surface area contributed by atoms with Crippen LogP contribution in [0.4, 0.5) is 0 Å². The number of hydrogen-bond acceptors (Lipinski definition) is 4. The number of phenols is 1. The number of hydrogen-bond donors (Lipinski definition) is 2. The van der Waals surface area contributed by atoms with Crippen molar-refractivity contribution in [3.05, 3.63) is 35.9 Å². The van der Waals surface area contributed by atoms with Gasteiger partial charge in [0.05, 0.1) is 12.5 Å². The molecule has 1 aromatic carbocycles. The molecule has 4 heteroatoms. The number of ether oxygens (including phenoxy) is 1. The lowest BCUT2D eigenvalue weighted by molar-refractivity contribution is -0.136. The summed E-state index contributed by atoms with van der Waals surface area (Å²) < 4.78 is 5.41. The molecule has 0 radical (unpaired) electrons. The second kappa shape index (κ2) is 7.39. The summed E-state index contributed by atoms with van der Waals surface area (Å²) in [5, 5.41) is 20.3. The highest BCUT2D eigenvalue weighted by atomic mass is 16.5. The van der Waals surface area contributed by atoms with E-state index in [0.29, 0.717) is 12.2 Å². The van der Waals surface area contributed by atoms with Crippen molar-refractivity contribution in [1.82, 2.24) is 0 Å². The molecule has 2 N–H and O–H groups in total. The predicted octanol–water partition coefficient (Wildman–Crippen LogP) is 4.22. The molecule has 1 aromatic rings. The van der Waals surface area contributed by atoms with Crippen molar-refractivity contribution < 1.29 is 19.7 Å². The Morgan fingerprint density at radius 1 is 1.17 bits per heavy atom. The van der Waals surface area contributed by atoms with Crippen molar-refractivity contribution >= 4 is 5.97 Å². The molecule has 134 valence electrons. The molecule has 0 fully saturated rings. The van der Waals surface area contributed by atoms with Crippen LogP contribution in [0.15, 0.2) is 24.8 Å². The number of carbonyl (C=O) groups is 1. The second-order valence-electron chi connectivity index (χ2n) is 8.22. The number of aliphatic hydroxyl groups excluding tert-OH is 1. The molecule has 0 aliphatic rings. The zero-order chi connectivity index (χ0) is 18.7. The number of aliphatic hydroxyl groups is 1. The van der Waals surface area contributed by atoms with E-state index in [4.69, 9.17) is 4.74 Å². The zero-order valence-corrected chi connectivity index (χ0v) is 15.6. The highest BCUT2D eigenvalue weighted by molar-refractivity contribution is 5.73. The van der Waals surface area contributed by atoms with Gasteiger partial charge in [0.1, 0.15) is 11.5 Å². The molecule has 0 aliphatic carbocycles. The van der Waals surface area contributed by atoms with Gasteiger partial charge in [-0.1, -0.05) is 47.6 Å². The van der Waals surface area contributed by atoms with E-state index in [1.165, 1.54) is 0 Å². The van der Waals surface area contributed by atoms with Crippen LogP contribution in [0.25, 0.3) is 0 Å². The van der Waals surface area contributed by atoms with Crippen LogP contribution in [-0.2, 0) is 15.6 Å². The van der Waals surface area contributed by atoms with Crippen LogP contribution in [-0.4, -0.2) is 22.3 Å². The van der Waals surface area contributed by atoms with Crippen molar-refractivity contribution in [2.24, 2.45) is 0 Å². The third-order valence-electron chi connectivity index (χ3n) is 3.77. The Balaban J connectivity index is 3.20. The Labute approximate surface area is 145 Å². The second-order valence-corrected chi connectivity index (χ2v) is 8.22. The summed E-state index contributed by atoms with van der Waals surface area (Å²) in [5.41, 5.74) is 0.859. The summed E-state index contributed by atoms with van der Waals surface area (Å²) in [6.07, 6.45) is 1.01. The lowest BCUT2D eigenvalue weighted by atomic mass is 9.79. The van der Waals surface area contributed by atoms with E-state index in [1.807, 2.05) is 41.5 Å². The summed E-state index contributed by atoms with van der Waals surface area (Å²) in [6, 6.07) is 3.39. The molecule has 0 saturated carbocycles. The standard InChI is InChI=1S/C20H30O4/c1-8-9-13(21)10-17(22)24-14-11-15(19(2,3)4)18(23)16(12-14)20(5,6)7/h8,11-13,21,23H,1,9-10H2,2-7H3. The van der Waals surface area contributed by atoms with Gasteiger partial charge in [0.25, 0.3) is 0 Å². The molecule has 1 unspecified atom stereocenters. The molecule has 0 aliphatic heterocycles. The number of phenolic OH excluding ortho intramolecular Hbond substituents is 1. The van der Waals surface area contributed by atoms with Gasteiger partial charge in [-0.2, -0.15) is 0 Å². The lowest BCUT2D eigenvalue weighted by Gasteiger charge is -2.28. The third-order valence-corrected chi connectivity index (χ3v) is 3.77. The van der Waals surface area contributed by atoms with Crippen LogP contribution in [0.2, 0.25) is 0 Å². The number of carbonyl (C=O) groups excluding carboxylic acids is 1. The molecule has 0 spiro atoms. The summed E-state index contributed by atoms with van der Waals surface area (Å²) in [5.74, 6) is 0.120. The Bertz CT molecular complexity index is 568. The van der Waals surface area contributed by atoms with Gasteiger partial charge in [-0.15, -0.1) is 6.58 Å². The fourth-order valence-corrected chi connectivity index (χ4v) is 2.45. The monoisotopic (exact) mass is 334 g/mol. The number of aromatic hydroxyl groups is 1. The smallest absolute Gasteiger partial charge is 0.313 e. The molecular weight excluding hydrogens is 304 g/mol. The van der Waals surface area contributed by atoms with E-state index in [2.05, 4.69) is 6.58 Å². The van der Waals surface area contributed by atoms with Crippen LogP contribution < -0.4 is 4.74 Å². The normalized spacial score (nSPS) is 13.5. The van der Waals surface area contributed by atoms with Crippen molar-refractivity contribution in [1.29, 1.82) is 0 Å². The summed E-state index contributed by atoms with van der Waals surface area (Å²) >= 11 is 0. The van der Waals surface area contributed by atoms with Gasteiger partial charge in [-0.3, -0.25) is 4.79 Å². The maximum absolute atomic E-state index is 12.0. The van der Waals surface area contributed by atoms with E-state index in [9.17, 15) is 15.0 Å². The largest absolute Gasteiger partial charge is 0.507 e. The first-order valence-electron chi connectivity index (χ1n) is 8.24. The minimum absolute atomic E-state index is 0.0946. The van der Waals surface area contributed by atoms with Crippen molar-refractivity contribution in [3.63, 3.8) is 0 Å². The molecule has 0 amide bonds. The van der Waals surface area contributed by atoms with Gasteiger partial charge < -0.3 is 14.9 Å². The van der Waals surface area contributed by atoms with Gasteiger partial charge in [0.15, 0.2) is 0 Å². The Kier molecular flexibility index (Phi) is 6.23. The first-order chi connectivity index (χ1) is 10.9. The summed E-state index contributed by atoms with van der Waals surface area (Å²) in [6.45, 7) is 15.5. The predicted molar refractivity (Wildman–Crippen MR) is 96.6 cm³/mol. The minimum Gasteiger partial charge on any atom is -0.507 e. The van der Waals surface area contributed by atoms with Crippen molar-refractivity contribution in [2.45, 2.75) is 71.3 Å². The minimum atomic E-state index is -0.795. The Morgan fingerprint density at radius 3 is 2.00 bits per heavy atom. The lowest BCUT2D eigenvalue weighted by Crippen LogP contribution is -2.20. The number of rotatable bonds is 5. The average Bonchev–Trinajstić information content (AvgIpc) is 2.37. The molecule has 4 nitrogen and oxygen atoms in total. The first-order valence-corrected chi connectivity index (χ1v) is 8.24. The van der Waals surface area contributed by atoms with E-state index >= 15 is 0 Å².